The minimum absolute atomic E-state index is 0.266. The fourth-order valence-corrected chi connectivity index (χ4v) is 1.87. The maximum atomic E-state index is 12.2. The average Bonchev–Trinajstić information content (AvgIpc) is 2.54. The highest BCUT2D eigenvalue weighted by Crippen LogP contribution is 2.27. The van der Waals surface area contributed by atoms with Crippen LogP contribution in [0.1, 0.15) is 12.5 Å². The zero-order valence-corrected chi connectivity index (χ0v) is 12.1. The monoisotopic (exact) mass is 283 g/mol. The standard InChI is InChI=1S/C17H17NO3/c1-3-21-17(19)16(13-9-5-4-6-10-13)18-14-11-7-8-12-15(14)20-2/h4-12H,3H2,1-2H3. The van der Waals surface area contributed by atoms with Gasteiger partial charge in [0.2, 0.25) is 0 Å². The predicted octanol–water partition coefficient (Wildman–Crippen LogP) is 3.38. The second-order valence-electron chi connectivity index (χ2n) is 4.22. The molecule has 108 valence electrons. The van der Waals surface area contributed by atoms with Crippen molar-refractivity contribution in [3.63, 3.8) is 0 Å². The maximum Gasteiger partial charge on any atom is 0.357 e. The fourth-order valence-electron chi connectivity index (χ4n) is 1.87. The van der Waals surface area contributed by atoms with Gasteiger partial charge >= 0.3 is 5.97 Å². The molecule has 4 heteroatoms. The van der Waals surface area contributed by atoms with Crippen molar-refractivity contribution in [3.8, 4) is 5.75 Å². The van der Waals surface area contributed by atoms with E-state index >= 15 is 0 Å². The summed E-state index contributed by atoms with van der Waals surface area (Å²) < 4.78 is 10.4. The number of carbonyl (C=O) groups is 1. The van der Waals surface area contributed by atoms with E-state index in [4.69, 9.17) is 9.47 Å². The molecule has 0 radical (unpaired) electrons. The van der Waals surface area contributed by atoms with Crippen LogP contribution in [0.4, 0.5) is 5.69 Å². The average molecular weight is 283 g/mol. The summed E-state index contributed by atoms with van der Waals surface area (Å²) in [7, 11) is 1.57. The molecule has 0 aliphatic heterocycles. The molecule has 0 bridgehead atoms. The molecule has 4 nitrogen and oxygen atoms in total. The first-order valence-electron chi connectivity index (χ1n) is 6.70. The van der Waals surface area contributed by atoms with Gasteiger partial charge in [-0.3, -0.25) is 0 Å². The van der Waals surface area contributed by atoms with E-state index in [0.717, 1.165) is 0 Å². The SMILES string of the molecule is CCOC(=O)C(=Nc1ccccc1OC)c1ccccc1. The molecule has 0 heterocycles. The topological polar surface area (TPSA) is 47.9 Å². The van der Waals surface area contributed by atoms with Crippen LogP contribution in [0.5, 0.6) is 5.75 Å². The maximum absolute atomic E-state index is 12.2. The molecular weight excluding hydrogens is 266 g/mol. The van der Waals surface area contributed by atoms with Crippen molar-refractivity contribution in [2.75, 3.05) is 13.7 Å². The van der Waals surface area contributed by atoms with Crippen molar-refractivity contribution >= 4 is 17.4 Å². The van der Waals surface area contributed by atoms with Gasteiger partial charge in [0.25, 0.3) is 0 Å². The Labute approximate surface area is 124 Å². The van der Waals surface area contributed by atoms with Gasteiger partial charge < -0.3 is 9.47 Å². The third-order valence-corrected chi connectivity index (χ3v) is 2.83. The number of aliphatic imine (C=N–C) groups is 1. The molecule has 0 spiro atoms. The van der Waals surface area contributed by atoms with Crippen molar-refractivity contribution in [2.45, 2.75) is 6.92 Å². The summed E-state index contributed by atoms with van der Waals surface area (Å²) in [6.07, 6.45) is 0. The lowest BCUT2D eigenvalue weighted by Crippen LogP contribution is -2.18. The number of rotatable bonds is 5. The van der Waals surface area contributed by atoms with Crippen LogP contribution in [0, 0.1) is 0 Å². The Bertz CT molecular complexity index is 635. The second kappa shape index (κ2) is 7.24. The Morgan fingerprint density at radius 2 is 1.71 bits per heavy atom. The van der Waals surface area contributed by atoms with Crippen LogP contribution in [0.2, 0.25) is 0 Å². The Hall–Kier alpha value is -2.62. The first-order valence-corrected chi connectivity index (χ1v) is 6.70. The molecule has 0 aliphatic rings. The van der Waals surface area contributed by atoms with Crippen molar-refractivity contribution in [1.82, 2.24) is 0 Å². The van der Waals surface area contributed by atoms with Crippen molar-refractivity contribution in [2.24, 2.45) is 4.99 Å². The van der Waals surface area contributed by atoms with E-state index < -0.39 is 5.97 Å². The first kappa shape index (κ1) is 14.8. The molecule has 0 saturated carbocycles. The molecule has 0 aromatic heterocycles. The Balaban J connectivity index is 2.49. The normalized spacial score (nSPS) is 11.0. The van der Waals surface area contributed by atoms with E-state index in [0.29, 0.717) is 23.6 Å². The Morgan fingerprint density at radius 1 is 1.05 bits per heavy atom. The number of methoxy groups -OCH3 is 1. The van der Waals surface area contributed by atoms with Gasteiger partial charge in [-0.15, -0.1) is 0 Å². The third-order valence-electron chi connectivity index (χ3n) is 2.83. The number of hydrogen-bond acceptors (Lipinski definition) is 4. The quantitative estimate of drug-likeness (QED) is 0.624. The minimum Gasteiger partial charge on any atom is -0.494 e. The summed E-state index contributed by atoms with van der Waals surface area (Å²) >= 11 is 0. The predicted molar refractivity (Wildman–Crippen MR) is 82.3 cm³/mol. The van der Waals surface area contributed by atoms with Gasteiger partial charge in [0.1, 0.15) is 11.4 Å². The van der Waals surface area contributed by atoms with Gasteiger partial charge in [0.05, 0.1) is 13.7 Å². The van der Waals surface area contributed by atoms with Gasteiger partial charge in [0, 0.05) is 5.56 Å². The van der Waals surface area contributed by atoms with Gasteiger partial charge in [-0.2, -0.15) is 0 Å². The van der Waals surface area contributed by atoms with Gasteiger partial charge in [-0.05, 0) is 19.1 Å². The fraction of sp³-hybridized carbons (Fsp3) is 0.176. The van der Waals surface area contributed by atoms with E-state index in [9.17, 15) is 4.79 Å². The molecule has 0 atom stereocenters. The van der Waals surface area contributed by atoms with Crippen molar-refractivity contribution in [3.05, 3.63) is 60.2 Å². The lowest BCUT2D eigenvalue weighted by atomic mass is 10.1. The van der Waals surface area contributed by atoms with E-state index in [-0.39, 0.29) is 5.71 Å². The molecule has 0 aliphatic carbocycles. The molecule has 2 aromatic carbocycles. The highest BCUT2D eigenvalue weighted by Gasteiger charge is 2.16. The smallest absolute Gasteiger partial charge is 0.357 e. The summed E-state index contributed by atoms with van der Waals surface area (Å²) in [6, 6.07) is 16.5. The summed E-state index contributed by atoms with van der Waals surface area (Å²) in [6.45, 7) is 2.07. The minimum atomic E-state index is -0.449. The zero-order valence-electron chi connectivity index (χ0n) is 12.1. The van der Waals surface area contributed by atoms with Gasteiger partial charge in [0.15, 0.2) is 5.71 Å². The first-order chi connectivity index (χ1) is 10.3. The summed E-state index contributed by atoms with van der Waals surface area (Å²) in [5, 5.41) is 0. The van der Waals surface area contributed by atoms with Crippen LogP contribution in [0.25, 0.3) is 0 Å². The van der Waals surface area contributed by atoms with Crippen molar-refractivity contribution < 1.29 is 14.3 Å². The molecule has 21 heavy (non-hydrogen) atoms. The van der Waals surface area contributed by atoms with E-state index in [1.54, 1.807) is 26.2 Å². The molecule has 0 saturated heterocycles. The highest BCUT2D eigenvalue weighted by molar-refractivity contribution is 6.43. The van der Waals surface area contributed by atoms with Crippen LogP contribution in [-0.2, 0) is 9.53 Å². The zero-order chi connectivity index (χ0) is 15.1. The molecule has 0 amide bonds. The second-order valence-corrected chi connectivity index (χ2v) is 4.22. The Morgan fingerprint density at radius 3 is 2.38 bits per heavy atom. The van der Waals surface area contributed by atoms with Gasteiger partial charge in [-0.1, -0.05) is 42.5 Å². The number of hydrogen-bond donors (Lipinski definition) is 0. The molecule has 0 N–H and O–H groups in total. The van der Waals surface area contributed by atoms with E-state index in [2.05, 4.69) is 4.99 Å². The third kappa shape index (κ3) is 3.69. The molecular formula is C17H17NO3. The van der Waals surface area contributed by atoms with Crippen LogP contribution in [0.3, 0.4) is 0 Å². The summed E-state index contributed by atoms with van der Waals surface area (Å²) in [5.74, 6) is 0.157. The largest absolute Gasteiger partial charge is 0.494 e. The van der Waals surface area contributed by atoms with E-state index in [1.807, 2.05) is 42.5 Å². The molecule has 0 fully saturated rings. The lowest BCUT2D eigenvalue weighted by Gasteiger charge is -2.08. The number of para-hydroxylation sites is 2. The number of esters is 1. The molecule has 2 rings (SSSR count). The van der Waals surface area contributed by atoms with Crippen LogP contribution in [0.15, 0.2) is 59.6 Å². The van der Waals surface area contributed by atoms with Gasteiger partial charge in [-0.25, -0.2) is 9.79 Å². The number of ether oxygens (including phenoxy) is 2. The number of carbonyl (C=O) groups excluding carboxylic acids is 1. The Kier molecular flexibility index (Phi) is 5.10. The highest BCUT2D eigenvalue weighted by atomic mass is 16.5. The van der Waals surface area contributed by atoms with Crippen LogP contribution in [-0.4, -0.2) is 25.4 Å². The lowest BCUT2D eigenvalue weighted by molar-refractivity contribution is -0.134. The van der Waals surface area contributed by atoms with Crippen molar-refractivity contribution in [1.29, 1.82) is 0 Å². The van der Waals surface area contributed by atoms with Crippen LogP contribution < -0.4 is 4.74 Å². The summed E-state index contributed by atoms with van der Waals surface area (Å²) in [5.41, 5.74) is 1.57. The molecule has 0 unspecified atom stereocenters. The van der Waals surface area contributed by atoms with Crippen LogP contribution >= 0.6 is 0 Å². The number of nitrogens with zero attached hydrogens (tertiary/aromatic N) is 1. The molecule has 2 aromatic rings. The van der Waals surface area contributed by atoms with E-state index in [1.165, 1.54) is 0 Å². The number of benzene rings is 2. The summed E-state index contributed by atoms with van der Waals surface area (Å²) in [4.78, 5) is 16.6.